The van der Waals surface area contributed by atoms with Gasteiger partial charge in [0.15, 0.2) is 0 Å². The van der Waals surface area contributed by atoms with E-state index in [-0.39, 0.29) is 0 Å². The first-order valence-electron chi connectivity index (χ1n) is 6.45. The van der Waals surface area contributed by atoms with Crippen molar-refractivity contribution in [3.8, 4) is 0 Å². The maximum atomic E-state index is 11.8. The Morgan fingerprint density at radius 3 is 2.87 bits per heavy atom. The van der Waals surface area contributed by atoms with Crippen LogP contribution >= 0.6 is 0 Å². The summed E-state index contributed by atoms with van der Waals surface area (Å²) >= 11 is 0. The van der Waals surface area contributed by atoms with Crippen LogP contribution in [0.1, 0.15) is 51.9 Å². The number of carbonyl (C=O) groups is 1. The molecule has 0 bridgehead atoms. The highest BCUT2D eigenvalue weighted by molar-refractivity contribution is 5.81. The van der Waals surface area contributed by atoms with Gasteiger partial charge in [0.2, 0.25) is 0 Å². The summed E-state index contributed by atoms with van der Waals surface area (Å²) in [7, 11) is 2.15. The van der Waals surface area contributed by atoms with Crippen molar-refractivity contribution in [1.82, 2.24) is 4.90 Å². The Labute approximate surface area is 94.0 Å². The monoisotopic (exact) mass is 211 g/mol. The predicted molar refractivity (Wildman–Crippen MR) is 64.0 cm³/mol. The summed E-state index contributed by atoms with van der Waals surface area (Å²) in [6.45, 7) is 4.34. The number of rotatable bonds is 5. The molecule has 1 aliphatic carbocycles. The molecule has 88 valence electrons. The third-order valence-corrected chi connectivity index (χ3v) is 3.36. The van der Waals surface area contributed by atoms with Gasteiger partial charge in [0.05, 0.1) is 0 Å². The Kier molecular flexibility index (Phi) is 5.92. The molecule has 0 aromatic heterocycles. The zero-order valence-electron chi connectivity index (χ0n) is 10.3. The normalized spacial score (nSPS) is 23.1. The summed E-state index contributed by atoms with van der Waals surface area (Å²) in [5.74, 6) is 0.838. The van der Waals surface area contributed by atoms with Crippen LogP contribution in [0, 0.1) is 5.92 Å². The van der Waals surface area contributed by atoms with Gasteiger partial charge in [0, 0.05) is 18.9 Å². The van der Waals surface area contributed by atoms with E-state index < -0.39 is 0 Å². The average Bonchev–Trinajstić information content (AvgIpc) is 2.42. The molecule has 0 heterocycles. The molecule has 1 rings (SSSR count). The summed E-state index contributed by atoms with van der Waals surface area (Å²) in [6.07, 6.45) is 8.05. The fraction of sp³-hybridized carbons (Fsp3) is 0.923. The molecule has 2 nitrogen and oxygen atoms in total. The molecule has 0 aromatic carbocycles. The number of ketones is 1. The Hall–Kier alpha value is -0.370. The summed E-state index contributed by atoms with van der Waals surface area (Å²) < 4.78 is 0. The lowest BCUT2D eigenvalue weighted by Gasteiger charge is -2.21. The van der Waals surface area contributed by atoms with Gasteiger partial charge in [-0.15, -0.1) is 0 Å². The van der Waals surface area contributed by atoms with Crippen molar-refractivity contribution in [1.29, 1.82) is 0 Å². The van der Waals surface area contributed by atoms with Crippen LogP contribution in [-0.2, 0) is 4.79 Å². The molecule has 1 saturated carbocycles. The van der Waals surface area contributed by atoms with E-state index in [4.69, 9.17) is 0 Å². The lowest BCUT2D eigenvalue weighted by Crippen LogP contribution is -2.30. The second-order valence-electron chi connectivity index (χ2n) is 4.88. The maximum absolute atomic E-state index is 11.8. The minimum atomic E-state index is 0.328. The second-order valence-corrected chi connectivity index (χ2v) is 4.88. The van der Waals surface area contributed by atoms with Gasteiger partial charge in [-0.2, -0.15) is 0 Å². The number of hydrogen-bond acceptors (Lipinski definition) is 2. The lowest BCUT2D eigenvalue weighted by atomic mass is 9.98. The highest BCUT2D eigenvalue weighted by Crippen LogP contribution is 2.20. The number of carbonyl (C=O) groups excluding carboxylic acids is 1. The van der Waals surface area contributed by atoms with Crippen molar-refractivity contribution < 1.29 is 4.79 Å². The van der Waals surface area contributed by atoms with Crippen molar-refractivity contribution in [2.24, 2.45) is 5.92 Å². The summed E-state index contributed by atoms with van der Waals surface area (Å²) in [4.78, 5) is 14.1. The number of Topliss-reactive ketones (excluding diaryl/α,β-unsaturated/α-hetero) is 1. The fourth-order valence-electron chi connectivity index (χ4n) is 2.32. The predicted octanol–water partition coefficient (Wildman–Crippen LogP) is 2.87. The molecular weight excluding hydrogens is 186 g/mol. The minimum absolute atomic E-state index is 0.328. The van der Waals surface area contributed by atoms with Crippen LogP contribution < -0.4 is 0 Å². The van der Waals surface area contributed by atoms with E-state index in [1.165, 1.54) is 25.7 Å². The third kappa shape index (κ3) is 4.78. The van der Waals surface area contributed by atoms with Crippen LogP contribution in [0.3, 0.4) is 0 Å². The van der Waals surface area contributed by atoms with Gasteiger partial charge < -0.3 is 4.90 Å². The van der Waals surface area contributed by atoms with E-state index in [0.717, 1.165) is 32.4 Å². The van der Waals surface area contributed by atoms with Crippen molar-refractivity contribution in [3.05, 3.63) is 0 Å². The van der Waals surface area contributed by atoms with Crippen LogP contribution in [0.4, 0.5) is 0 Å². The molecule has 0 N–H and O–H groups in total. The van der Waals surface area contributed by atoms with Crippen LogP contribution in [-0.4, -0.2) is 30.8 Å². The zero-order valence-corrected chi connectivity index (χ0v) is 10.3. The third-order valence-electron chi connectivity index (χ3n) is 3.36. The largest absolute Gasteiger partial charge is 0.306 e. The SMILES string of the molecule is CCCCN(C)CC1CCCCCC1=O. The van der Waals surface area contributed by atoms with Gasteiger partial charge >= 0.3 is 0 Å². The molecule has 0 aliphatic heterocycles. The second kappa shape index (κ2) is 7.00. The first kappa shape index (κ1) is 12.7. The molecule has 0 spiro atoms. The first-order valence-corrected chi connectivity index (χ1v) is 6.45. The number of hydrogen-bond donors (Lipinski definition) is 0. The molecule has 0 amide bonds. The van der Waals surface area contributed by atoms with E-state index in [9.17, 15) is 4.79 Å². The van der Waals surface area contributed by atoms with Gasteiger partial charge in [0.1, 0.15) is 5.78 Å². The Morgan fingerprint density at radius 1 is 1.33 bits per heavy atom. The summed E-state index contributed by atoms with van der Waals surface area (Å²) in [5, 5.41) is 0. The minimum Gasteiger partial charge on any atom is -0.306 e. The molecule has 0 radical (unpaired) electrons. The van der Waals surface area contributed by atoms with Crippen molar-refractivity contribution in [3.63, 3.8) is 0 Å². The first-order chi connectivity index (χ1) is 7.24. The molecule has 2 heteroatoms. The van der Waals surface area contributed by atoms with Gasteiger partial charge in [-0.3, -0.25) is 4.79 Å². The molecule has 1 unspecified atom stereocenters. The highest BCUT2D eigenvalue weighted by atomic mass is 16.1. The fourth-order valence-corrected chi connectivity index (χ4v) is 2.32. The standard InChI is InChI=1S/C13H25NO/c1-3-4-10-14(2)11-12-8-6-5-7-9-13(12)15/h12H,3-11H2,1-2H3. The number of unbranched alkanes of at least 4 members (excludes halogenated alkanes) is 1. The van der Waals surface area contributed by atoms with E-state index in [2.05, 4.69) is 18.9 Å². The van der Waals surface area contributed by atoms with E-state index >= 15 is 0 Å². The van der Waals surface area contributed by atoms with Crippen LogP contribution in [0.2, 0.25) is 0 Å². The van der Waals surface area contributed by atoms with Gasteiger partial charge in [-0.05, 0) is 32.9 Å². The molecule has 1 fully saturated rings. The number of nitrogens with zero attached hydrogens (tertiary/aromatic N) is 1. The van der Waals surface area contributed by atoms with Crippen molar-refractivity contribution in [2.75, 3.05) is 20.1 Å². The van der Waals surface area contributed by atoms with E-state index in [1.54, 1.807) is 0 Å². The van der Waals surface area contributed by atoms with Gasteiger partial charge in [0.25, 0.3) is 0 Å². The van der Waals surface area contributed by atoms with Gasteiger partial charge in [-0.25, -0.2) is 0 Å². The Balaban J connectivity index is 2.30. The molecular formula is C13H25NO. The molecule has 1 atom stereocenters. The van der Waals surface area contributed by atoms with E-state index in [0.29, 0.717) is 11.7 Å². The molecule has 15 heavy (non-hydrogen) atoms. The topological polar surface area (TPSA) is 20.3 Å². The molecule has 0 aromatic rings. The smallest absolute Gasteiger partial charge is 0.137 e. The van der Waals surface area contributed by atoms with E-state index in [1.807, 2.05) is 0 Å². The van der Waals surface area contributed by atoms with Crippen molar-refractivity contribution in [2.45, 2.75) is 51.9 Å². The van der Waals surface area contributed by atoms with Crippen LogP contribution in [0.5, 0.6) is 0 Å². The zero-order chi connectivity index (χ0) is 11.1. The van der Waals surface area contributed by atoms with Crippen LogP contribution in [0.15, 0.2) is 0 Å². The Bertz CT molecular complexity index is 191. The van der Waals surface area contributed by atoms with Crippen molar-refractivity contribution >= 4 is 5.78 Å². The quantitative estimate of drug-likeness (QED) is 0.652. The molecule has 1 aliphatic rings. The van der Waals surface area contributed by atoms with Gasteiger partial charge in [-0.1, -0.05) is 26.2 Å². The van der Waals surface area contributed by atoms with Crippen LogP contribution in [0.25, 0.3) is 0 Å². The summed E-state index contributed by atoms with van der Waals surface area (Å²) in [5.41, 5.74) is 0. The molecule has 0 saturated heterocycles. The average molecular weight is 211 g/mol. The Morgan fingerprint density at radius 2 is 2.13 bits per heavy atom. The lowest BCUT2D eigenvalue weighted by molar-refractivity contribution is -0.123. The highest BCUT2D eigenvalue weighted by Gasteiger charge is 2.21. The summed E-state index contributed by atoms with van der Waals surface area (Å²) in [6, 6.07) is 0. The maximum Gasteiger partial charge on any atom is 0.137 e.